The van der Waals surface area contributed by atoms with Gasteiger partial charge in [-0.3, -0.25) is 9.59 Å². The van der Waals surface area contributed by atoms with Crippen LogP contribution >= 0.6 is 43.2 Å². The van der Waals surface area contributed by atoms with Crippen molar-refractivity contribution in [2.24, 2.45) is 0 Å². The van der Waals surface area contributed by atoms with Crippen LogP contribution in [0, 0.1) is 0 Å². The number of anilines is 1. The molecular formula is C16H16Br2N2O2S. The van der Waals surface area contributed by atoms with Crippen molar-refractivity contribution in [2.45, 2.75) is 19.3 Å². The van der Waals surface area contributed by atoms with Crippen molar-refractivity contribution in [3.63, 3.8) is 0 Å². The predicted octanol–water partition coefficient (Wildman–Crippen LogP) is 4.35. The fraction of sp³-hybridized carbons (Fsp3) is 0.250. The van der Waals surface area contributed by atoms with Gasteiger partial charge in [0.2, 0.25) is 11.8 Å². The first-order valence-corrected chi connectivity index (χ1v) is 9.50. The molecule has 1 aromatic heterocycles. The Labute approximate surface area is 155 Å². The van der Waals surface area contributed by atoms with Crippen molar-refractivity contribution in [2.75, 3.05) is 11.9 Å². The number of hydrogen-bond donors (Lipinski definition) is 2. The number of para-hydroxylation sites is 1. The van der Waals surface area contributed by atoms with Gasteiger partial charge in [-0.2, -0.15) is 0 Å². The van der Waals surface area contributed by atoms with E-state index in [1.54, 1.807) is 17.4 Å². The van der Waals surface area contributed by atoms with Gasteiger partial charge in [0.15, 0.2) is 0 Å². The maximum atomic E-state index is 11.8. The van der Waals surface area contributed by atoms with E-state index in [1.165, 1.54) is 4.88 Å². The van der Waals surface area contributed by atoms with E-state index in [2.05, 4.69) is 48.6 Å². The Hall–Kier alpha value is -1.18. The van der Waals surface area contributed by atoms with Crippen LogP contribution in [-0.4, -0.2) is 18.4 Å². The van der Waals surface area contributed by atoms with Crippen LogP contribution in [0.4, 0.5) is 5.69 Å². The molecule has 122 valence electrons. The molecule has 0 atom stereocenters. The zero-order valence-corrected chi connectivity index (χ0v) is 16.3. The zero-order chi connectivity index (χ0) is 16.7. The Kier molecular flexibility index (Phi) is 7.26. The van der Waals surface area contributed by atoms with Gasteiger partial charge in [0.25, 0.3) is 0 Å². The molecule has 2 amide bonds. The lowest BCUT2D eigenvalue weighted by molar-refractivity contribution is -0.124. The molecule has 0 bridgehead atoms. The summed E-state index contributed by atoms with van der Waals surface area (Å²) in [4.78, 5) is 24.8. The Morgan fingerprint density at radius 1 is 1.04 bits per heavy atom. The summed E-state index contributed by atoms with van der Waals surface area (Å²) in [6.45, 7) is -0.0231. The van der Waals surface area contributed by atoms with Crippen molar-refractivity contribution >= 4 is 60.7 Å². The largest absolute Gasteiger partial charge is 0.347 e. The van der Waals surface area contributed by atoms with E-state index >= 15 is 0 Å². The summed E-state index contributed by atoms with van der Waals surface area (Å²) in [5.74, 6) is -0.352. The summed E-state index contributed by atoms with van der Waals surface area (Å²) >= 11 is 8.45. The smallest absolute Gasteiger partial charge is 0.243 e. The summed E-state index contributed by atoms with van der Waals surface area (Å²) in [6.07, 6.45) is 2.05. The van der Waals surface area contributed by atoms with Crippen molar-refractivity contribution in [1.29, 1.82) is 0 Å². The second-order valence-electron chi connectivity index (χ2n) is 4.86. The number of aryl methyl sites for hydroxylation is 1. The van der Waals surface area contributed by atoms with Crippen LogP contribution in [0.25, 0.3) is 0 Å². The summed E-state index contributed by atoms with van der Waals surface area (Å²) in [7, 11) is 0. The third-order valence-corrected chi connectivity index (χ3v) is 5.42. The molecule has 0 fully saturated rings. The summed E-state index contributed by atoms with van der Waals surface area (Å²) < 4.78 is 1.91. The number of amides is 2. The second kappa shape index (κ2) is 9.20. The van der Waals surface area contributed by atoms with E-state index in [1.807, 2.05) is 24.3 Å². The SMILES string of the molecule is O=C(CCCc1ccc(Br)s1)NCC(=O)Nc1ccccc1Br. The van der Waals surface area contributed by atoms with Crippen LogP contribution in [0.15, 0.2) is 44.7 Å². The molecule has 2 aromatic rings. The van der Waals surface area contributed by atoms with E-state index in [9.17, 15) is 9.59 Å². The summed E-state index contributed by atoms with van der Waals surface area (Å²) in [5.41, 5.74) is 0.690. The molecule has 0 radical (unpaired) electrons. The third-order valence-electron chi connectivity index (χ3n) is 3.05. The van der Waals surface area contributed by atoms with Crippen LogP contribution in [0.1, 0.15) is 17.7 Å². The van der Waals surface area contributed by atoms with E-state index < -0.39 is 0 Å². The van der Waals surface area contributed by atoms with Crippen LogP contribution in [-0.2, 0) is 16.0 Å². The van der Waals surface area contributed by atoms with Gasteiger partial charge in [0.1, 0.15) is 0 Å². The van der Waals surface area contributed by atoms with E-state index in [4.69, 9.17) is 0 Å². The molecule has 2 N–H and O–H groups in total. The molecule has 2 rings (SSSR count). The number of hydrogen-bond acceptors (Lipinski definition) is 3. The quantitative estimate of drug-likeness (QED) is 0.646. The molecule has 1 heterocycles. The topological polar surface area (TPSA) is 58.2 Å². The minimum Gasteiger partial charge on any atom is -0.347 e. The highest BCUT2D eigenvalue weighted by Gasteiger charge is 2.08. The Balaban J connectivity index is 1.65. The highest BCUT2D eigenvalue weighted by Crippen LogP contribution is 2.23. The molecular weight excluding hydrogens is 444 g/mol. The lowest BCUT2D eigenvalue weighted by Gasteiger charge is -2.08. The lowest BCUT2D eigenvalue weighted by Crippen LogP contribution is -2.32. The van der Waals surface area contributed by atoms with Gasteiger partial charge in [0.05, 0.1) is 16.0 Å². The minimum absolute atomic E-state index is 0.0231. The van der Waals surface area contributed by atoms with E-state index in [0.717, 1.165) is 21.1 Å². The fourth-order valence-electron chi connectivity index (χ4n) is 1.93. The molecule has 0 aliphatic rings. The fourth-order valence-corrected chi connectivity index (χ4v) is 3.84. The van der Waals surface area contributed by atoms with Gasteiger partial charge in [-0.25, -0.2) is 0 Å². The first-order valence-electron chi connectivity index (χ1n) is 7.10. The molecule has 0 saturated carbocycles. The average molecular weight is 460 g/mol. The lowest BCUT2D eigenvalue weighted by atomic mass is 10.2. The molecule has 23 heavy (non-hydrogen) atoms. The molecule has 0 spiro atoms. The minimum atomic E-state index is -0.243. The normalized spacial score (nSPS) is 10.3. The monoisotopic (exact) mass is 458 g/mol. The third kappa shape index (κ3) is 6.45. The van der Waals surface area contributed by atoms with Crippen LogP contribution in [0.5, 0.6) is 0 Å². The number of halogens is 2. The van der Waals surface area contributed by atoms with Crippen LogP contribution < -0.4 is 10.6 Å². The summed E-state index contributed by atoms with van der Waals surface area (Å²) in [5, 5.41) is 5.39. The number of carbonyl (C=O) groups is 2. The number of benzene rings is 1. The first kappa shape index (κ1) is 18.2. The second-order valence-corrected chi connectivity index (χ2v) is 8.27. The van der Waals surface area contributed by atoms with Crippen molar-refractivity contribution in [3.8, 4) is 0 Å². The van der Waals surface area contributed by atoms with Crippen LogP contribution in [0.3, 0.4) is 0 Å². The molecule has 1 aromatic carbocycles. The molecule has 0 aliphatic carbocycles. The molecule has 7 heteroatoms. The highest BCUT2D eigenvalue weighted by molar-refractivity contribution is 9.11. The van der Waals surface area contributed by atoms with Gasteiger partial charge in [0, 0.05) is 15.8 Å². The van der Waals surface area contributed by atoms with Gasteiger partial charge < -0.3 is 10.6 Å². The molecule has 0 saturated heterocycles. The molecule has 0 unspecified atom stereocenters. The predicted molar refractivity (Wildman–Crippen MR) is 101 cm³/mol. The Morgan fingerprint density at radius 2 is 1.83 bits per heavy atom. The van der Waals surface area contributed by atoms with Crippen LogP contribution in [0.2, 0.25) is 0 Å². The maximum absolute atomic E-state index is 11.8. The van der Waals surface area contributed by atoms with Gasteiger partial charge in [-0.15, -0.1) is 11.3 Å². The van der Waals surface area contributed by atoms with Crippen molar-refractivity contribution in [1.82, 2.24) is 5.32 Å². The van der Waals surface area contributed by atoms with Gasteiger partial charge >= 0.3 is 0 Å². The van der Waals surface area contributed by atoms with Crippen molar-refractivity contribution < 1.29 is 9.59 Å². The van der Waals surface area contributed by atoms with E-state index in [0.29, 0.717) is 12.1 Å². The van der Waals surface area contributed by atoms with E-state index in [-0.39, 0.29) is 18.4 Å². The Morgan fingerprint density at radius 3 is 2.52 bits per heavy atom. The zero-order valence-electron chi connectivity index (χ0n) is 12.3. The standard InChI is InChI=1S/C16H16Br2N2O2S/c17-12-5-1-2-6-13(12)20-16(22)10-19-15(21)7-3-4-11-8-9-14(18)23-11/h1-2,5-6,8-9H,3-4,7,10H2,(H,19,21)(H,20,22). The number of thiophene rings is 1. The van der Waals surface area contributed by atoms with Gasteiger partial charge in [-0.1, -0.05) is 12.1 Å². The summed E-state index contributed by atoms with van der Waals surface area (Å²) in [6, 6.07) is 11.4. The Bertz CT molecular complexity index is 688. The molecule has 0 aliphatic heterocycles. The van der Waals surface area contributed by atoms with Crippen molar-refractivity contribution in [3.05, 3.63) is 49.5 Å². The van der Waals surface area contributed by atoms with Gasteiger partial charge in [-0.05, 0) is 69.0 Å². The first-order chi connectivity index (χ1) is 11.0. The number of rotatable bonds is 7. The number of nitrogens with one attached hydrogen (secondary N) is 2. The maximum Gasteiger partial charge on any atom is 0.243 e. The highest BCUT2D eigenvalue weighted by atomic mass is 79.9. The average Bonchev–Trinajstić information content (AvgIpc) is 2.93. The number of carbonyl (C=O) groups excluding carboxylic acids is 2. The molecule has 4 nitrogen and oxygen atoms in total.